The third-order valence-corrected chi connectivity index (χ3v) is 6.56. The number of anilines is 1. The zero-order valence-corrected chi connectivity index (χ0v) is 14.8. The smallest absolute Gasteiger partial charge is 0.218 e. The summed E-state index contributed by atoms with van der Waals surface area (Å²) in [6.45, 7) is 2.67. The number of halogens is 1. The molecule has 0 spiro atoms. The highest BCUT2D eigenvalue weighted by Gasteiger charge is 2.22. The van der Waals surface area contributed by atoms with Crippen molar-refractivity contribution in [3.63, 3.8) is 0 Å². The summed E-state index contributed by atoms with van der Waals surface area (Å²) in [5.74, 6) is -0.0694. The third kappa shape index (κ3) is 4.29. The maximum absolute atomic E-state index is 12.6. The zero-order chi connectivity index (χ0) is 15.5. The van der Waals surface area contributed by atoms with Gasteiger partial charge in [0, 0.05) is 23.7 Å². The molecule has 0 saturated heterocycles. The first kappa shape index (κ1) is 16.5. The Labute approximate surface area is 137 Å². The van der Waals surface area contributed by atoms with E-state index in [4.69, 9.17) is 5.73 Å². The fraction of sp³-hybridized carbons (Fsp3) is 0.286. The first-order valence-corrected chi connectivity index (χ1v) is 9.69. The van der Waals surface area contributed by atoms with Crippen LogP contribution in [0.2, 0.25) is 0 Å². The lowest BCUT2D eigenvalue weighted by Crippen LogP contribution is -2.31. The molecule has 21 heavy (non-hydrogen) atoms. The SMILES string of the molecule is CCN(Cc1ccc(Br)s1)S(=O)(=O)Cc1ccccc1N. The Morgan fingerprint density at radius 2 is 1.95 bits per heavy atom. The second kappa shape index (κ2) is 6.91. The first-order chi connectivity index (χ1) is 9.92. The molecular formula is C14H17BrN2O2S2. The van der Waals surface area contributed by atoms with E-state index in [2.05, 4.69) is 15.9 Å². The maximum atomic E-state index is 12.6. The largest absolute Gasteiger partial charge is 0.398 e. The summed E-state index contributed by atoms with van der Waals surface area (Å²) in [7, 11) is -3.39. The van der Waals surface area contributed by atoms with E-state index in [1.165, 1.54) is 4.31 Å². The zero-order valence-electron chi connectivity index (χ0n) is 11.6. The summed E-state index contributed by atoms with van der Waals surface area (Å²) in [6.07, 6.45) is 0. The Hall–Kier alpha value is -0.890. The van der Waals surface area contributed by atoms with Crippen LogP contribution in [0.15, 0.2) is 40.2 Å². The second-order valence-electron chi connectivity index (χ2n) is 4.59. The van der Waals surface area contributed by atoms with E-state index in [1.807, 2.05) is 19.1 Å². The Balaban J connectivity index is 2.18. The highest BCUT2D eigenvalue weighted by molar-refractivity contribution is 9.11. The van der Waals surface area contributed by atoms with E-state index in [-0.39, 0.29) is 5.75 Å². The second-order valence-corrected chi connectivity index (χ2v) is 9.10. The molecule has 2 aromatic rings. The molecule has 0 aliphatic rings. The fourth-order valence-corrected chi connectivity index (χ4v) is 5.12. The lowest BCUT2D eigenvalue weighted by atomic mass is 10.2. The first-order valence-electron chi connectivity index (χ1n) is 6.48. The molecule has 0 aliphatic heterocycles. The predicted octanol–water partition coefficient (Wildman–Crippen LogP) is 3.44. The summed E-state index contributed by atoms with van der Waals surface area (Å²) in [5, 5.41) is 0. The van der Waals surface area contributed by atoms with Crippen molar-refractivity contribution in [3.8, 4) is 0 Å². The number of sulfonamides is 1. The number of nitrogens with two attached hydrogens (primary N) is 1. The molecule has 2 rings (SSSR count). The minimum Gasteiger partial charge on any atom is -0.398 e. The number of nitrogens with zero attached hydrogens (tertiary/aromatic N) is 1. The van der Waals surface area contributed by atoms with Crippen LogP contribution in [0.4, 0.5) is 5.69 Å². The van der Waals surface area contributed by atoms with Gasteiger partial charge < -0.3 is 5.73 Å². The molecule has 7 heteroatoms. The molecule has 0 atom stereocenters. The van der Waals surface area contributed by atoms with Crippen molar-refractivity contribution in [1.29, 1.82) is 0 Å². The van der Waals surface area contributed by atoms with Gasteiger partial charge in [-0.25, -0.2) is 8.42 Å². The van der Waals surface area contributed by atoms with Gasteiger partial charge in [0.15, 0.2) is 0 Å². The molecule has 0 fully saturated rings. The van der Waals surface area contributed by atoms with E-state index in [0.29, 0.717) is 24.3 Å². The van der Waals surface area contributed by atoms with Crippen molar-refractivity contribution in [1.82, 2.24) is 4.31 Å². The summed E-state index contributed by atoms with van der Waals surface area (Å²) >= 11 is 4.93. The molecule has 1 heterocycles. The molecule has 0 amide bonds. The summed E-state index contributed by atoms with van der Waals surface area (Å²) in [6, 6.07) is 10.9. The van der Waals surface area contributed by atoms with E-state index < -0.39 is 10.0 Å². The lowest BCUT2D eigenvalue weighted by Gasteiger charge is -2.20. The standard InChI is InChI=1S/C14H17BrN2O2S2/c1-2-17(9-12-7-8-14(15)20-12)21(18,19)10-11-5-3-4-6-13(11)16/h3-8H,2,9-10,16H2,1H3. The summed E-state index contributed by atoms with van der Waals surface area (Å²) in [4.78, 5) is 1.01. The summed E-state index contributed by atoms with van der Waals surface area (Å²) < 4.78 is 27.6. The number of hydrogen-bond acceptors (Lipinski definition) is 4. The highest BCUT2D eigenvalue weighted by Crippen LogP contribution is 2.25. The Morgan fingerprint density at radius 3 is 2.52 bits per heavy atom. The number of benzene rings is 1. The minimum atomic E-state index is -3.39. The van der Waals surface area contributed by atoms with Gasteiger partial charge in [-0.05, 0) is 39.7 Å². The van der Waals surface area contributed by atoms with Crippen molar-refractivity contribution in [2.45, 2.75) is 19.2 Å². The van der Waals surface area contributed by atoms with Crippen LogP contribution in [0, 0.1) is 0 Å². The van der Waals surface area contributed by atoms with Crippen LogP contribution in [0.3, 0.4) is 0 Å². The van der Waals surface area contributed by atoms with Gasteiger partial charge in [0.25, 0.3) is 0 Å². The highest BCUT2D eigenvalue weighted by atomic mass is 79.9. The van der Waals surface area contributed by atoms with Gasteiger partial charge in [-0.2, -0.15) is 4.31 Å². The molecule has 4 nitrogen and oxygen atoms in total. The maximum Gasteiger partial charge on any atom is 0.218 e. The lowest BCUT2D eigenvalue weighted by molar-refractivity contribution is 0.425. The van der Waals surface area contributed by atoms with E-state index in [0.717, 1.165) is 8.66 Å². The van der Waals surface area contributed by atoms with Crippen LogP contribution in [0.25, 0.3) is 0 Å². The van der Waals surface area contributed by atoms with Crippen molar-refractivity contribution >= 4 is 43.0 Å². The van der Waals surface area contributed by atoms with Gasteiger partial charge in [0.2, 0.25) is 10.0 Å². The number of rotatable bonds is 6. The number of hydrogen-bond donors (Lipinski definition) is 1. The van der Waals surface area contributed by atoms with Crippen molar-refractivity contribution in [3.05, 3.63) is 50.6 Å². The molecule has 1 aromatic heterocycles. The van der Waals surface area contributed by atoms with Gasteiger partial charge in [-0.3, -0.25) is 0 Å². The number of nitrogen functional groups attached to an aromatic ring is 1. The molecule has 0 bridgehead atoms. The molecule has 2 N–H and O–H groups in total. The summed E-state index contributed by atoms with van der Waals surface area (Å²) in [5.41, 5.74) is 6.99. The number of thiophene rings is 1. The topological polar surface area (TPSA) is 63.4 Å². The molecule has 0 aliphatic carbocycles. The molecule has 114 valence electrons. The van der Waals surface area contributed by atoms with E-state index >= 15 is 0 Å². The molecule has 0 saturated carbocycles. The Morgan fingerprint density at radius 1 is 1.24 bits per heavy atom. The van der Waals surface area contributed by atoms with Gasteiger partial charge in [-0.15, -0.1) is 11.3 Å². The van der Waals surface area contributed by atoms with E-state index in [1.54, 1.807) is 35.6 Å². The molecule has 0 unspecified atom stereocenters. The van der Waals surface area contributed by atoms with E-state index in [9.17, 15) is 8.42 Å². The molecular weight excluding hydrogens is 372 g/mol. The Bertz CT molecular complexity index is 713. The van der Waals surface area contributed by atoms with Crippen LogP contribution < -0.4 is 5.73 Å². The van der Waals surface area contributed by atoms with Gasteiger partial charge >= 0.3 is 0 Å². The minimum absolute atomic E-state index is 0.0694. The van der Waals surface area contributed by atoms with Gasteiger partial charge in [0.05, 0.1) is 9.54 Å². The average Bonchev–Trinajstić information content (AvgIpc) is 2.84. The van der Waals surface area contributed by atoms with Crippen molar-refractivity contribution in [2.75, 3.05) is 12.3 Å². The number of para-hydroxylation sites is 1. The van der Waals surface area contributed by atoms with Crippen molar-refractivity contribution < 1.29 is 8.42 Å². The third-order valence-electron chi connectivity index (χ3n) is 3.10. The van der Waals surface area contributed by atoms with Crippen LogP contribution in [-0.2, 0) is 22.3 Å². The van der Waals surface area contributed by atoms with Crippen LogP contribution in [0.1, 0.15) is 17.4 Å². The quantitative estimate of drug-likeness (QED) is 0.770. The van der Waals surface area contributed by atoms with Gasteiger partial charge in [-0.1, -0.05) is 25.1 Å². The normalized spacial score (nSPS) is 12.0. The van der Waals surface area contributed by atoms with Crippen LogP contribution in [-0.4, -0.2) is 19.3 Å². The predicted molar refractivity (Wildman–Crippen MR) is 91.6 cm³/mol. The van der Waals surface area contributed by atoms with Crippen molar-refractivity contribution in [2.24, 2.45) is 0 Å². The van der Waals surface area contributed by atoms with Crippen LogP contribution in [0.5, 0.6) is 0 Å². The Kier molecular flexibility index (Phi) is 5.43. The van der Waals surface area contributed by atoms with Crippen LogP contribution >= 0.6 is 27.3 Å². The average molecular weight is 389 g/mol. The van der Waals surface area contributed by atoms with Gasteiger partial charge in [0.1, 0.15) is 0 Å². The molecule has 0 radical (unpaired) electrons. The fourth-order valence-electron chi connectivity index (χ4n) is 1.97. The molecule has 1 aromatic carbocycles. The monoisotopic (exact) mass is 388 g/mol.